The van der Waals surface area contributed by atoms with E-state index in [2.05, 4.69) is 21.1 Å². The molecule has 3 aromatic heterocycles. The zero-order chi connectivity index (χ0) is 13.1. The molecular formula is C14H14N4O. The summed E-state index contributed by atoms with van der Waals surface area (Å²) in [4.78, 5) is 8.48. The van der Waals surface area contributed by atoms with Crippen molar-refractivity contribution in [1.82, 2.24) is 19.7 Å². The molecule has 3 aromatic rings. The van der Waals surface area contributed by atoms with Gasteiger partial charge in [0.05, 0.1) is 6.20 Å². The third kappa shape index (κ3) is 2.32. The van der Waals surface area contributed by atoms with Gasteiger partial charge in [0.25, 0.3) is 0 Å². The fourth-order valence-corrected chi connectivity index (χ4v) is 2.06. The van der Waals surface area contributed by atoms with Crippen LogP contribution < -0.4 is 0 Å². The highest BCUT2D eigenvalue weighted by atomic mass is 16.3. The second-order valence-electron chi connectivity index (χ2n) is 4.32. The monoisotopic (exact) mass is 254 g/mol. The summed E-state index contributed by atoms with van der Waals surface area (Å²) in [6.07, 6.45) is 7.87. The number of aryl methyl sites for hydroxylation is 1. The minimum absolute atomic E-state index is 0.163. The average Bonchev–Trinajstić information content (AvgIpc) is 2.88. The van der Waals surface area contributed by atoms with E-state index >= 15 is 0 Å². The summed E-state index contributed by atoms with van der Waals surface area (Å²) < 4.78 is 1.82. The van der Waals surface area contributed by atoms with Crippen molar-refractivity contribution in [2.24, 2.45) is 0 Å². The van der Waals surface area contributed by atoms with Gasteiger partial charge >= 0.3 is 0 Å². The van der Waals surface area contributed by atoms with Gasteiger partial charge in [0.15, 0.2) is 5.65 Å². The van der Waals surface area contributed by atoms with Gasteiger partial charge in [0.1, 0.15) is 0 Å². The van der Waals surface area contributed by atoms with E-state index in [9.17, 15) is 0 Å². The van der Waals surface area contributed by atoms with E-state index in [0.29, 0.717) is 13.0 Å². The Balaban J connectivity index is 1.99. The van der Waals surface area contributed by atoms with Gasteiger partial charge in [0.2, 0.25) is 0 Å². The van der Waals surface area contributed by atoms with Crippen molar-refractivity contribution in [3.8, 4) is 11.1 Å². The molecule has 3 rings (SSSR count). The van der Waals surface area contributed by atoms with Crippen LogP contribution in [-0.2, 0) is 6.54 Å². The molecule has 19 heavy (non-hydrogen) atoms. The molecule has 3 heterocycles. The van der Waals surface area contributed by atoms with Crippen LogP contribution in [0.1, 0.15) is 6.42 Å². The Hall–Kier alpha value is -2.27. The highest BCUT2D eigenvalue weighted by Gasteiger charge is 2.06. The van der Waals surface area contributed by atoms with Crippen LogP contribution in [0.25, 0.3) is 22.2 Å². The van der Waals surface area contributed by atoms with Gasteiger partial charge < -0.3 is 5.11 Å². The van der Waals surface area contributed by atoms with Gasteiger partial charge in [-0.1, -0.05) is 0 Å². The minimum Gasteiger partial charge on any atom is -0.396 e. The molecule has 0 aliphatic carbocycles. The Morgan fingerprint density at radius 3 is 2.74 bits per heavy atom. The summed E-state index contributed by atoms with van der Waals surface area (Å²) in [5.74, 6) is 0. The molecular weight excluding hydrogens is 240 g/mol. The minimum atomic E-state index is 0.163. The van der Waals surface area contributed by atoms with Crippen LogP contribution in [0, 0.1) is 0 Å². The molecule has 96 valence electrons. The molecule has 0 aliphatic heterocycles. The SMILES string of the molecule is OCCCn1ncc2cc(-c3ccncc3)cnc21. The molecule has 5 nitrogen and oxygen atoms in total. The summed E-state index contributed by atoms with van der Waals surface area (Å²) in [7, 11) is 0. The first-order chi connectivity index (χ1) is 9.38. The van der Waals surface area contributed by atoms with Crippen LogP contribution in [0.3, 0.4) is 0 Å². The lowest BCUT2D eigenvalue weighted by atomic mass is 10.1. The van der Waals surface area contributed by atoms with Crippen molar-refractivity contribution in [3.05, 3.63) is 43.0 Å². The van der Waals surface area contributed by atoms with E-state index in [-0.39, 0.29) is 6.61 Å². The number of rotatable bonds is 4. The lowest BCUT2D eigenvalue weighted by Gasteiger charge is -2.03. The summed E-state index contributed by atoms with van der Waals surface area (Å²) >= 11 is 0. The van der Waals surface area contributed by atoms with Gasteiger partial charge in [-0.05, 0) is 30.2 Å². The van der Waals surface area contributed by atoms with Crippen molar-refractivity contribution >= 4 is 11.0 Å². The maximum atomic E-state index is 8.86. The first-order valence-electron chi connectivity index (χ1n) is 6.21. The number of aromatic nitrogens is 4. The third-order valence-electron chi connectivity index (χ3n) is 3.02. The molecule has 0 saturated heterocycles. The first-order valence-corrected chi connectivity index (χ1v) is 6.21. The third-order valence-corrected chi connectivity index (χ3v) is 3.02. The summed E-state index contributed by atoms with van der Waals surface area (Å²) in [6, 6.07) is 5.98. The second kappa shape index (κ2) is 5.16. The van der Waals surface area contributed by atoms with E-state index in [1.54, 1.807) is 12.4 Å². The van der Waals surface area contributed by atoms with Crippen LogP contribution in [0.5, 0.6) is 0 Å². The van der Waals surface area contributed by atoms with Gasteiger partial charge in [-0.2, -0.15) is 5.10 Å². The van der Waals surface area contributed by atoms with Crippen LogP contribution >= 0.6 is 0 Å². The number of pyridine rings is 2. The van der Waals surface area contributed by atoms with E-state index < -0.39 is 0 Å². The number of hydrogen-bond donors (Lipinski definition) is 1. The zero-order valence-corrected chi connectivity index (χ0v) is 10.4. The van der Waals surface area contributed by atoms with Crippen LogP contribution in [0.2, 0.25) is 0 Å². The molecule has 0 fully saturated rings. The Labute approximate surface area is 110 Å². The Bertz CT molecular complexity index is 678. The molecule has 0 aliphatic rings. The van der Waals surface area contributed by atoms with Crippen LogP contribution in [-0.4, -0.2) is 31.5 Å². The predicted molar refractivity (Wildman–Crippen MR) is 72.5 cm³/mol. The fraction of sp³-hybridized carbons (Fsp3) is 0.214. The zero-order valence-electron chi connectivity index (χ0n) is 10.4. The van der Waals surface area contributed by atoms with Crippen molar-refractivity contribution < 1.29 is 5.11 Å². The molecule has 0 unspecified atom stereocenters. The maximum absolute atomic E-state index is 8.86. The molecule has 0 atom stereocenters. The number of nitrogens with zero attached hydrogens (tertiary/aromatic N) is 4. The van der Waals surface area contributed by atoms with Gasteiger partial charge in [-0.3, -0.25) is 4.98 Å². The quantitative estimate of drug-likeness (QED) is 0.772. The van der Waals surface area contributed by atoms with Crippen molar-refractivity contribution in [1.29, 1.82) is 0 Å². The second-order valence-corrected chi connectivity index (χ2v) is 4.32. The smallest absolute Gasteiger partial charge is 0.157 e. The van der Waals surface area contributed by atoms with Gasteiger partial charge in [-0.15, -0.1) is 0 Å². The Morgan fingerprint density at radius 2 is 1.95 bits per heavy atom. The molecule has 5 heteroatoms. The van der Waals surface area contributed by atoms with E-state index in [4.69, 9.17) is 5.11 Å². The molecule has 0 bridgehead atoms. The van der Waals surface area contributed by atoms with E-state index in [1.165, 1.54) is 0 Å². The van der Waals surface area contributed by atoms with Crippen molar-refractivity contribution in [2.75, 3.05) is 6.61 Å². The summed E-state index contributed by atoms with van der Waals surface area (Å²) in [5.41, 5.74) is 3.00. The molecule has 0 radical (unpaired) electrons. The Morgan fingerprint density at radius 1 is 1.11 bits per heavy atom. The number of fused-ring (bicyclic) bond motifs is 1. The fourth-order valence-electron chi connectivity index (χ4n) is 2.06. The number of aliphatic hydroxyl groups excluding tert-OH is 1. The van der Waals surface area contributed by atoms with Crippen molar-refractivity contribution in [2.45, 2.75) is 13.0 Å². The molecule has 0 saturated carbocycles. The normalized spacial score (nSPS) is 11.0. The molecule has 0 amide bonds. The topological polar surface area (TPSA) is 63.8 Å². The number of aliphatic hydroxyl groups is 1. The van der Waals surface area contributed by atoms with Crippen LogP contribution in [0.4, 0.5) is 0 Å². The predicted octanol–water partition coefficient (Wildman–Crippen LogP) is 1.88. The van der Waals surface area contributed by atoms with Crippen LogP contribution in [0.15, 0.2) is 43.0 Å². The average molecular weight is 254 g/mol. The Kier molecular flexibility index (Phi) is 3.20. The van der Waals surface area contributed by atoms with E-state index in [1.807, 2.05) is 29.2 Å². The first kappa shape index (κ1) is 11.8. The summed E-state index contributed by atoms with van der Waals surface area (Å²) in [5, 5.41) is 14.2. The highest BCUT2D eigenvalue weighted by molar-refractivity contribution is 5.80. The molecule has 0 spiro atoms. The van der Waals surface area contributed by atoms with Crippen molar-refractivity contribution in [3.63, 3.8) is 0 Å². The lowest BCUT2D eigenvalue weighted by Crippen LogP contribution is -2.02. The van der Waals surface area contributed by atoms with Gasteiger partial charge in [0, 0.05) is 42.7 Å². The van der Waals surface area contributed by atoms with E-state index in [0.717, 1.165) is 22.2 Å². The molecule has 1 N–H and O–H groups in total. The standard InChI is InChI=1S/C14H14N4O/c19-7-1-6-18-14-13(10-17-18)8-12(9-16-14)11-2-4-15-5-3-11/h2-5,8-10,19H,1,6-7H2. The number of hydrogen-bond acceptors (Lipinski definition) is 4. The summed E-state index contributed by atoms with van der Waals surface area (Å²) in [6.45, 7) is 0.845. The maximum Gasteiger partial charge on any atom is 0.157 e. The van der Waals surface area contributed by atoms with Gasteiger partial charge in [-0.25, -0.2) is 9.67 Å². The largest absolute Gasteiger partial charge is 0.396 e. The lowest BCUT2D eigenvalue weighted by molar-refractivity contribution is 0.278. The highest BCUT2D eigenvalue weighted by Crippen LogP contribution is 2.21. The molecule has 0 aromatic carbocycles.